The first-order chi connectivity index (χ1) is 16.7. The molecule has 0 aromatic heterocycles. The maximum atomic E-state index is 2.66. The molecule has 0 radical (unpaired) electrons. The molecule has 1 heterocycles. The summed E-state index contributed by atoms with van der Waals surface area (Å²) in [5, 5.41) is 0. The van der Waals surface area contributed by atoms with Crippen LogP contribution in [0.2, 0.25) is 0 Å². The minimum Gasteiger partial charge on any atom is -0.297 e. The van der Waals surface area contributed by atoms with Crippen LogP contribution in [0.25, 0.3) is 11.1 Å². The van der Waals surface area contributed by atoms with Gasteiger partial charge in [-0.05, 0) is 52.8 Å². The van der Waals surface area contributed by atoms with Gasteiger partial charge in [0.1, 0.15) is 0 Å². The molecule has 172 valence electrons. The molecule has 5 rings (SSSR count). The Morgan fingerprint density at radius 2 is 1.15 bits per heavy atom. The molecular formula is C32H34N2. The molecule has 0 aliphatic carbocycles. The Morgan fingerprint density at radius 1 is 0.618 bits per heavy atom. The van der Waals surface area contributed by atoms with Crippen molar-refractivity contribution in [2.75, 3.05) is 26.2 Å². The minimum absolute atomic E-state index is 0.310. The summed E-state index contributed by atoms with van der Waals surface area (Å²) in [6.07, 6.45) is 0. The lowest BCUT2D eigenvalue weighted by molar-refractivity contribution is 0.105. The molecule has 2 heteroatoms. The van der Waals surface area contributed by atoms with Crippen molar-refractivity contribution in [1.82, 2.24) is 9.80 Å². The molecule has 1 aliphatic rings. The van der Waals surface area contributed by atoms with Crippen molar-refractivity contribution in [2.24, 2.45) is 0 Å². The molecule has 0 unspecified atom stereocenters. The second-order valence-corrected chi connectivity index (χ2v) is 9.44. The summed E-state index contributed by atoms with van der Waals surface area (Å²) < 4.78 is 0. The zero-order chi connectivity index (χ0) is 23.3. The van der Waals surface area contributed by atoms with Crippen molar-refractivity contribution < 1.29 is 0 Å². The van der Waals surface area contributed by atoms with Crippen molar-refractivity contribution >= 4 is 0 Å². The second-order valence-electron chi connectivity index (χ2n) is 9.44. The lowest BCUT2D eigenvalue weighted by Crippen LogP contribution is -2.47. The highest BCUT2D eigenvalue weighted by Gasteiger charge is 2.27. The maximum Gasteiger partial charge on any atom is 0.0602 e. The molecule has 0 spiro atoms. The Balaban J connectivity index is 1.36. The van der Waals surface area contributed by atoms with Crippen LogP contribution in [-0.2, 0) is 6.54 Å². The average molecular weight is 447 g/mol. The van der Waals surface area contributed by atoms with E-state index in [0.717, 1.165) is 32.7 Å². The van der Waals surface area contributed by atoms with Gasteiger partial charge in [0.15, 0.2) is 0 Å². The van der Waals surface area contributed by atoms with E-state index in [4.69, 9.17) is 0 Å². The summed E-state index contributed by atoms with van der Waals surface area (Å²) in [4.78, 5) is 5.29. The van der Waals surface area contributed by atoms with Gasteiger partial charge in [-0.15, -0.1) is 0 Å². The molecule has 1 saturated heterocycles. The van der Waals surface area contributed by atoms with Crippen LogP contribution in [0.5, 0.6) is 0 Å². The van der Waals surface area contributed by atoms with Crippen LogP contribution in [0.4, 0.5) is 0 Å². The predicted molar refractivity (Wildman–Crippen MR) is 143 cm³/mol. The Labute approximate surface area is 204 Å². The molecule has 34 heavy (non-hydrogen) atoms. The van der Waals surface area contributed by atoms with Crippen LogP contribution in [-0.4, -0.2) is 36.0 Å². The van der Waals surface area contributed by atoms with Gasteiger partial charge in [-0.2, -0.15) is 0 Å². The van der Waals surface area contributed by atoms with Crippen LogP contribution in [0.15, 0.2) is 103 Å². The van der Waals surface area contributed by atoms with E-state index in [-0.39, 0.29) is 0 Å². The van der Waals surface area contributed by atoms with Crippen LogP contribution in [0.3, 0.4) is 0 Å². The summed E-state index contributed by atoms with van der Waals surface area (Å²) in [6.45, 7) is 9.83. The van der Waals surface area contributed by atoms with Crippen molar-refractivity contribution in [3.8, 4) is 11.1 Å². The van der Waals surface area contributed by atoms with Gasteiger partial charge >= 0.3 is 0 Å². The van der Waals surface area contributed by atoms with E-state index in [1.54, 1.807) is 0 Å². The lowest BCUT2D eigenvalue weighted by atomic mass is 9.92. The molecule has 2 nitrogen and oxygen atoms in total. The summed E-state index contributed by atoms with van der Waals surface area (Å²) >= 11 is 0. The second kappa shape index (κ2) is 10.4. The van der Waals surface area contributed by atoms with Crippen LogP contribution >= 0.6 is 0 Å². The van der Waals surface area contributed by atoms with E-state index in [0.29, 0.717) is 6.04 Å². The van der Waals surface area contributed by atoms with Crippen molar-refractivity contribution in [3.63, 3.8) is 0 Å². The number of rotatable bonds is 6. The molecule has 0 atom stereocenters. The average Bonchev–Trinajstić information content (AvgIpc) is 2.90. The minimum atomic E-state index is 0.310. The van der Waals surface area contributed by atoms with Gasteiger partial charge in [-0.3, -0.25) is 9.80 Å². The number of hydrogen-bond donors (Lipinski definition) is 0. The number of aryl methyl sites for hydroxylation is 1. The molecule has 0 bridgehead atoms. The largest absolute Gasteiger partial charge is 0.297 e. The summed E-state index contributed by atoms with van der Waals surface area (Å²) in [5.74, 6) is 0. The molecule has 0 saturated carbocycles. The van der Waals surface area contributed by atoms with Crippen LogP contribution < -0.4 is 0 Å². The zero-order valence-corrected chi connectivity index (χ0v) is 20.3. The number of piperazine rings is 1. The summed E-state index contributed by atoms with van der Waals surface area (Å²) in [5.41, 5.74) is 9.72. The van der Waals surface area contributed by atoms with E-state index in [2.05, 4.69) is 127 Å². The third kappa shape index (κ3) is 4.84. The summed E-state index contributed by atoms with van der Waals surface area (Å²) in [7, 11) is 0. The van der Waals surface area contributed by atoms with Crippen molar-refractivity contribution in [3.05, 3.63) is 131 Å². The molecule has 0 amide bonds. The van der Waals surface area contributed by atoms with Gasteiger partial charge in [-0.25, -0.2) is 0 Å². The van der Waals surface area contributed by atoms with Gasteiger partial charge < -0.3 is 0 Å². The highest BCUT2D eigenvalue weighted by atomic mass is 15.3. The normalized spacial score (nSPS) is 15.0. The fourth-order valence-corrected chi connectivity index (χ4v) is 5.25. The van der Waals surface area contributed by atoms with E-state index >= 15 is 0 Å². The molecule has 0 N–H and O–H groups in total. The number of benzene rings is 4. The molecule has 1 aliphatic heterocycles. The predicted octanol–water partition coefficient (Wildman–Crippen LogP) is 6.88. The fraction of sp³-hybridized carbons (Fsp3) is 0.250. The van der Waals surface area contributed by atoms with E-state index in [1.165, 1.54) is 38.9 Å². The third-order valence-electron chi connectivity index (χ3n) is 7.34. The van der Waals surface area contributed by atoms with E-state index in [1.807, 2.05) is 0 Å². The third-order valence-corrected chi connectivity index (χ3v) is 7.34. The van der Waals surface area contributed by atoms with Gasteiger partial charge in [0.2, 0.25) is 0 Å². The topological polar surface area (TPSA) is 6.48 Å². The maximum absolute atomic E-state index is 2.66. The molecule has 1 fully saturated rings. The first kappa shape index (κ1) is 22.6. The van der Waals surface area contributed by atoms with Crippen molar-refractivity contribution in [2.45, 2.75) is 26.4 Å². The van der Waals surface area contributed by atoms with Gasteiger partial charge in [0, 0.05) is 32.7 Å². The lowest BCUT2D eigenvalue weighted by Gasteiger charge is -2.40. The highest BCUT2D eigenvalue weighted by Crippen LogP contribution is 2.32. The standard InChI is InChI=1S/C32H34N2/c1-25-18-19-30(27-12-6-3-7-13-27)31(26(25)2)24-33-20-22-34(23-21-33)32(28-14-8-4-9-15-28)29-16-10-5-11-17-29/h3-19,32H,20-24H2,1-2H3. The quantitative estimate of drug-likeness (QED) is 0.319. The first-order valence-corrected chi connectivity index (χ1v) is 12.4. The Hall–Kier alpha value is -3.20. The molecular weight excluding hydrogens is 412 g/mol. The Kier molecular flexibility index (Phi) is 6.89. The Bertz CT molecular complexity index is 1150. The SMILES string of the molecule is Cc1ccc(-c2ccccc2)c(CN2CCN(C(c3ccccc3)c3ccccc3)CC2)c1C. The molecule has 4 aromatic carbocycles. The van der Waals surface area contributed by atoms with Crippen LogP contribution in [0.1, 0.15) is 33.9 Å². The monoisotopic (exact) mass is 446 g/mol. The van der Waals surface area contributed by atoms with Crippen molar-refractivity contribution in [1.29, 1.82) is 0 Å². The van der Waals surface area contributed by atoms with Gasteiger partial charge in [0.05, 0.1) is 6.04 Å². The van der Waals surface area contributed by atoms with Gasteiger partial charge in [0.25, 0.3) is 0 Å². The van der Waals surface area contributed by atoms with E-state index in [9.17, 15) is 0 Å². The first-order valence-electron chi connectivity index (χ1n) is 12.4. The van der Waals surface area contributed by atoms with Gasteiger partial charge in [-0.1, -0.05) is 103 Å². The smallest absolute Gasteiger partial charge is 0.0602 e. The molecule has 4 aromatic rings. The number of hydrogen-bond acceptors (Lipinski definition) is 2. The zero-order valence-electron chi connectivity index (χ0n) is 20.3. The number of nitrogens with zero attached hydrogens (tertiary/aromatic N) is 2. The Morgan fingerprint density at radius 3 is 1.71 bits per heavy atom. The van der Waals surface area contributed by atoms with Crippen LogP contribution in [0, 0.1) is 13.8 Å². The fourth-order valence-electron chi connectivity index (χ4n) is 5.25. The van der Waals surface area contributed by atoms with E-state index < -0.39 is 0 Å². The highest BCUT2D eigenvalue weighted by molar-refractivity contribution is 5.69. The summed E-state index contributed by atoms with van der Waals surface area (Å²) in [6, 6.07) is 37.7.